The maximum Gasteiger partial charge on any atom is 0.341 e. The summed E-state index contributed by atoms with van der Waals surface area (Å²) in [6.07, 6.45) is 2.51. The summed E-state index contributed by atoms with van der Waals surface area (Å²) in [6, 6.07) is 7.23. The Morgan fingerprint density at radius 3 is 2.80 bits per heavy atom. The molecule has 0 aliphatic heterocycles. The fraction of sp³-hybridized carbons (Fsp3) is 0.0714. The first-order chi connectivity index (χ1) is 9.52. The molecule has 0 aliphatic carbocycles. The van der Waals surface area contributed by atoms with Crippen molar-refractivity contribution in [3.05, 3.63) is 69.4 Å². The Morgan fingerprint density at radius 2 is 2.15 bits per heavy atom. The SMILES string of the molecule is N#Cc1cccc(Cn2ccc(=O)c(C(=O)O)c2)c1F. The summed E-state index contributed by atoms with van der Waals surface area (Å²) in [5.74, 6) is -1.99. The number of nitriles is 1. The molecule has 6 heteroatoms. The standard InChI is InChI=1S/C14H9FN2O3/c15-13-9(6-16)2-1-3-10(13)7-17-5-4-12(18)11(8-17)14(19)20/h1-5,8H,7H2,(H,19,20). The van der Waals surface area contributed by atoms with Crippen LogP contribution in [0.3, 0.4) is 0 Å². The molecule has 1 aromatic heterocycles. The summed E-state index contributed by atoms with van der Waals surface area (Å²) in [5.41, 5.74) is -0.838. The Balaban J connectivity index is 2.41. The van der Waals surface area contributed by atoms with E-state index in [9.17, 15) is 14.0 Å². The van der Waals surface area contributed by atoms with Crippen LogP contribution in [0.25, 0.3) is 0 Å². The van der Waals surface area contributed by atoms with Gasteiger partial charge in [-0.3, -0.25) is 4.79 Å². The molecule has 0 aliphatic rings. The van der Waals surface area contributed by atoms with Gasteiger partial charge in [0.05, 0.1) is 5.56 Å². The van der Waals surface area contributed by atoms with Gasteiger partial charge in [-0.15, -0.1) is 0 Å². The van der Waals surface area contributed by atoms with E-state index in [-0.39, 0.29) is 23.2 Å². The van der Waals surface area contributed by atoms with Gasteiger partial charge in [-0.25, -0.2) is 9.18 Å². The molecule has 1 N–H and O–H groups in total. The molecule has 2 aromatic rings. The highest BCUT2D eigenvalue weighted by atomic mass is 19.1. The van der Waals surface area contributed by atoms with Crippen molar-refractivity contribution in [2.45, 2.75) is 6.54 Å². The molecular weight excluding hydrogens is 263 g/mol. The second-order valence-corrected chi connectivity index (χ2v) is 4.09. The first kappa shape index (κ1) is 13.5. The number of aromatic nitrogens is 1. The molecule has 0 radical (unpaired) electrons. The van der Waals surface area contributed by atoms with Gasteiger partial charge in [0.15, 0.2) is 5.43 Å². The van der Waals surface area contributed by atoms with Gasteiger partial charge in [-0.05, 0) is 6.07 Å². The minimum atomic E-state index is -1.34. The maximum absolute atomic E-state index is 13.9. The number of pyridine rings is 1. The lowest BCUT2D eigenvalue weighted by Gasteiger charge is -2.08. The van der Waals surface area contributed by atoms with Crippen molar-refractivity contribution in [3.63, 3.8) is 0 Å². The monoisotopic (exact) mass is 272 g/mol. The van der Waals surface area contributed by atoms with Crippen LogP contribution >= 0.6 is 0 Å². The summed E-state index contributed by atoms with van der Waals surface area (Å²) in [5, 5.41) is 17.6. The van der Waals surface area contributed by atoms with Crippen molar-refractivity contribution in [1.82, 2.24) is 4.57 Å². The van der Waals surface area contributed by atoms with E-state index in [1.165, 1.54) is 29.0 Å². The van der Waals surface area contributed by atoms with E-state index in [0.717, 1.165) is 12.3 Å². The Bertz CT molecular complexity index is 775. The van der Waals surface area contributed by atoms with Crippen LogP contribution in [0.1, 0.15) is 21.5 Å². The average Bonchev–Trinajstić information content (AvgIpc) is 2.43. The fourth-order valence-electron chi connectivity index (χ4n) is 1.77. The van der Waals surface area contributed by atoms with Crippen LogP contribution < -0.4 is 5.43 Å². The molecule has 5 nitrogen and oxygen atoms in total. The first-order valence-corrected chi connectivity index (χ1v) is 5.64. The predicted molar refractivity (Wildman–Crippen MR) is 67.9 cm³/mol. The summed E-state index contributed by atoms with van der Waals surface area (Å²) < 4.78 is 15.3. The van der Waals surface area contributed by atoms with Gasteiger partial charge in [0, 0.05) is 30.6 Å². The number of nitrogens with zero attached hydrogens (tertiary/aromatic N) is 2. The molecule has 0 spiro atoms. The highest BCUT2D eigenvalue weighted by Crippen LogP contribution is 2.13. The minimum absolute atomic E-state index is 0.0297. The van der Waals surface area contributed by atoms with Gasteiger partial charge in [0.2, 0.25) is 0 Å². The predicted octanol–water partition coefficient (Wildman–Crippen LogP) is 1.61. The molecule has 100 valence electrons. The second kappa shape index (κ2) is 5.36. The number of carboxylic acid groups (broad SMARTS) is 1. The number of hydrogen-bond donors (Lipinski definition) is 1. The van der Waals surface area contributed by atoms with Crippen molar-refractivity contribution >= 4 is 5.97 Å². The molecule has 0 amide bonds. The zero-order chi connectivity index (χ0) is 14.7. The zero-order valence-corrected chi connectivity index (χ0v) is 10.2. The Hall–Kier alpha value is -2.94. The van der Waals surface area contributed by atoms with E-state index in [1.54, 1.807) is 6.07 Å². The topological polar surface area (TPSA) is 83.1 Å². The van der Waals surface area contributed by atoms with Gasteiger partial charge in [0.25, 0.3) is 0 Å². The summed E-state index contributed by atoms with van der Waals surface area (Å²) in [7, 11) is 0. The van der Waals surface area contributed by atoms with Gasteiger partial charge in [-0.2, -0.15) is 5.26 Å². The fourth-order valence-corrected chi connectivity index (χ4v) is 1.77. The Labute approximate surface area is 113 Å². The molecule has 1 heterocycles. The molecule has 2 rings (SSSR count). The number of halogens is 1. The largest absolute Gasteiger partial charge is 0.477 e. The van der Waals surface area contributed by atoms with Crippen molar-refractivity contribution in [2.24, 2.45) is 0 Å². The van der Waals surface area contributed by atoms with Gasteiger partial charge >= 0.3 is 5.97 Å². The van der Waals surface area contributed by atoms with Crippen LogP contribution in [0.4, 0.5) is 4.39 Å². The summed E-state index contributed by atoms with van der Waals surface area (Å²) in [4.78, 5) is 22.2. The molecular formula is C14H9FN2O3. The van der Waals surface area contributed by atoms with E-state index in [4.69, 9.17) is 10.4 Å². The van der Waals surface area contributed by atoms with E-state index >= 15 is 0 Å². The van der Waals surface area contributed by atoms with Crippen LogP contribution in [-0.4, -0.2) is 15.6 Å². The van der Waals surface area contributed by atoms with E-state index in [2.05, 4.69) is 0 Å². The third-order valence-electron chi connectivity index (χ3n) is 2.76. The third-order valence-corrected chi connectivity index (χ3v) is 2.76. The van der Waals surface area contributed by atoms with Crippen LogP contribution in [0, 0.1) is 17.1 Å². The highest BCUT2D eigenvalue weighted by Gasteiger charge is 2.11. The summed E-state index contributed by atoms with van der Waals surface area (Å²) in [6.45, 7) is 0.0297. The van der Waals surface area contributed by atoms with E-state index in [1.807, 2.05) is 0 Å². The number of carboxylic acids is 1. The lowest BCUT2D eigenvalue weighted by atomic mass is 10.1. The van der Waals surface area contributed by atoms with Crippen molar-refractivity contribution in [3.8, 4) is 6.07 Å². The Morgan fingerprint density at radius 1 is 1.40 bits per heavy atom. The molecule has 0 unspecified atom stereocenters. The molecule has 0 fully saturated rings. The minimum Gasteiger partial charge on any atom is -0.477 e. The number of aromatic carboxylic acids is 1. The molecule has 0 saturated heterocycles. The van der Waals surface area contributed by atoms with Crippen LogP contribution in [0.15, 0.2) is 41.5 Å². The normalized spacial score (nSPS) is 10.0. The first-order valence-electron chi connectivity index (χ1n) is 5.64. The molecule has 0 atom stereocenters. The third kappa shape index (κ3) is 2.57. The molecule has 1 aromatic carbocycles. The van der Waals surface area contributed by atoms with Gasteiger partial charge in [-0.1, -0.05) is 12.1 Å². The number of hydrogen-bond acceptors (Lipinski definition) is 3. The summed E-state index contributed by atoms with van der Waals surface area (Å²) >= 11 is 0. The molecule has 20 heavy (non-hydrogen) atoms. The lowest BCUT2D eigenvalue weighted by Crippen LogP contribution is -2.17. The average molecular weight is 272 g/mol. The number of rotatable bonds is 3. The quantitative estimate of drug-likeness (QED) is 0.920. The second-order valence-electron chi connectivity index (χ2n) is 4.09. The molecule has 0 bridgehead atoms. The van der Waals surface area contributed by atoms with E-state index in [0.29, 0.717) is 0 Å². The number of carbonyl (C=O) groups is 1. The maximum atomic E-state index is 13.9. The van der Waals surface area contributed by atoms with Crippen LogP contribution in [0.2, 0.25) is 0 Å². The lowest BCUT2D eigenvalue weighted by molar-refractivity contribution is 0.0694. The van der Waals surface area contributed by atoms with Gasteiger partial charge < -0.3 is 9.67 Å². The van der Waals surface area contributed by atoms with Crippen LogP contribution in [0.5, 0.6) is 0 Å². The highest BCUT2D eigenvalue weighted by molar-refractivity contribution is 5.86. The van der Waals surface area contributed by atoms with Gasteiger partial charge in [0.1, 0.15) is 17.4 Å². The van der Waals surface area contributed by atoms with Crippen molar-refractivity contribution in [2.75, 3.05) is 0 Å². The zero-order valence-electron chi connectivity index (χ0n) is 10.2. The van der Waals surface area contributed by atoms with Crippen molar-refractivity contribution < 1.29 is 14.3 Å². The number of benzene rings is 1. The Kier molecular flexibility index (Phi) is 3.62. The van der Waals surface area contributed by atoms with Crippen LogP contribution in [-0.2, 0) is 6.54 Å². The van der Waals surface area contributed by atoms with E-state index < -0.39 is 17.2 Å². The smallest absolute Gasteiger partial charge is 0.341 e. The van der Waals surface area contributed by atoms with Crippen molar-refractivity contribution in [1.29, 1.82) is 5.26 Å². The molecule has 0 saturated carbocycles.